The van der Waals surface area contributed by atoms with Gasteiger partial charge in [-0.25, -0.2) is 9.78 Å². The summed E-state index contributed by atoms with van der Waals surface area (Å²) in [5, 5.41) is 11.8. The van der Waals surface area contributed by atoms with Crippen molar-refractivity contribution in [2.75, 3.05) is 11.9 Å². The number of anilines is 1. The Hall–Kier alpha value is -3.06. The fourth-order valence-corrected chi connectivity index (χ4v) is 3.00. The molecule has 0 radical (unpaired) electrons. The summed E-state index contributed by atoms with van der Waals surface area (Å²) in [7, 11) is 0. The maximum absolute atomic E-state index is 10.5. The maximum atomic E-state index is 10.5. The lowest BCUT2D eigenvalue weighted by Gasteiger charge is -2.13. The first kappa shape index (κ1) is 19.7. The second-order valence-electron chi connectivity index (χ2n) is 5.95. The van der Waals surface area contributed by atoms with E-state index >= 15 is 0 Å². The standard InChI is InChI=1S/C21H19BrN2O4/c22-17-6-8-19(27-14-15-4-2-1-3-5-15)16(12-17)10-11-23-20-9-7-18(13-24-20)28-21(25)26/h1-9,12-13H,10-11,14H2,(H,23,24)(H,25,26). The summed E-state index contributed by atoms with van der Waals surface area (Å²) in [5.41, 5.74) is 2.19. The minimum absolute atomic E-state index is 0.182. The maximum Gasteiger partial charge on any atom is 0.511 e. The normalized spacial score (nSPS) is 10.3. The number of carboxylic acid groups (broad SMARTS) is 1. The largest absolute Gasteiger partial charge is 0.511 e. The van der Waals surface area contributed by atoms with Crippen molar-refractivity contribution in [3.63, 3.8) is 0 Å². The molecule has 0 atom stereocenters. The second kappa shape index (κ2) is 9.75. The average Bonchev–Trinajstić information content (AvgIpc) is 2.69. The SMILES string of the molecule is O=C(O)Oc1ccc(NCCc2cc(Br)ccc2OCc2ccccc2)nc1. The predicted octanol–water partition coefficient (Wildman–Crippen LogP) is 5.13. The Morgan fingerprint density at radius 1 is 1.11 bits per heavy atom. The molecule has 2 aromatic carbocycles. The Bertz CT molecular complexity index is 917. The Morgan fingerprint density at radius 3 is 2.64 bits per heavy atom. The van der Waals surface area contributed by atoms with Crippen molar-refractivity contribution in [1.29, 1.82) is 0 Å². The van der Waals surface area contributed by atoms with E-state index in [4.69, 9.17) is 9.84 Å². The first-order chi connectivity index (χ1) is 13.6. The van der Waals surface area contributed by atoms with E-state index in [1.165, 1.54) is 6.20 Å². The van der Waals surface area contributed by atoms with E-state index in [0.717, 1.165) is 27.8 Å². The van der Waals surface area contributed by atoms with Gasteiger partial charge in [-0.3, -0.25) is 0 Å². The van der Waals surface area contributed by atoms with Gasteiger partial charge in [-0.2, -0.15) is 0 Å². The van der Waals surface area contributed by atoms with Gasteiger partial charge in [0.2, 0.25) is 0 Å². The number of rotatable bonds is 8. The van der Waals surface area contributed by atoms with Crippen LogP contribution < -0.4 is 14.8 Å². The highest BCUT2D eigenvalue weighted by atomic mass is 79.9. The van der Waals surface area contributed by atoms with Crippen molar-refractivity contribution in [3.8, 4) is 11.5 Å². The van der Waals surface area contributed by atoms with Gasteiger partial charge < -0.3 is 19.9 Å². The third-order valence-electron chi connectivity index (χ3n) is 3.90. The molecule has 0 amide bonds. The molecule has 0 saturated heterocycles. The highest BCUT2D eigenvalue weighted by molar-refractivity contribution is 9.10. The summed E-state index contributed by atoms with van der Waals surface area (Å²) in [5.74, 6) is 1.66. The zero-order chi connectivity index (χ0) is 19.8. The van der Waals surface area contributed by atoms with Crippen molar-refractivity contribution < 1.29 is 19.4 Å². The van der Waals surface area contributed by atoms with Crippen molar-refractivity contribution in [2.45, 2.75) is 13.0 Å². The molecule has 3 rings (SSSR count). The van der Waals surface area contributed by atoms with Crippen LogP contribution in [0.5, 0.6) is 11.5 Å². The monoisotopic (exact) mass is 442 g/mol. The third-order valence-corrected chi connectivity index (χ3v) is 4.39. The summed E-state index contributed by atoms with van der Waals surface area (Å²) in [6, 6.07) is 19.2. The second-order valence-corrected chi connectivity index (χ2v) is 6.87. The number of hydrogen-bond donors (Lipinski definition) is 2. The van der Waals surface area contributed by atoms with Gasteiger partial charge in [-0.1, -0.05) is 46.3 Å². The molecule has 2 N–H and O–H groups in total. The Kier molecular flexibility index (Phi) is 6.86. The lowest BCUT2D eigenvalue weighted by molar-refractivity contribution is 0.144. The van der Waals surface area contributed by atoms with Gasteiger partial charge in [0.05, 0.1) is 6.20 Å². The van der Waals surface area contributed by atoms with Gasteiger partial charge in [-0.05, 0) is 47.9 Å². The van der Waals surface area contributed by atoms with Gasteiger partial charge in [0.1, 0.15) is 18.2 Å². The quantitative estimate of drug-likeness (QED) is 0.470. The van der Waals surface area contributed by atoms with Crippen molar-refractivity contribution in [1.82, 2.24) is 4.98 Å². The zero-order valence-electron chi connectivity index (χ0n) is 15.0. The number of benzene rings is 2. The zero-order valence-corrected chi connectivity index (χ0v) is 16.6. The molecule has 0 aliphatic heterocycles. The predicted molar refractivity (Wildman–Crippen MR) is 110 cm³/mol. The number of nitrogens with one attached hydrogen (secondary N) is 1. The van der Waals surface area contributed by atoms with Gasteiger partial charge in [0.25, 0.3) is 0 Å². The van der Waals surface area contributed by atoms with E-state index in [0.29, 0.717) is 19.0 Å². The Balaban J connectivity index is 1.57. The van der Waals surface area contributed by atoms with Crippen molar-refractivity contribution >= 4 is 27.9 Å². The number of carbonyl (C=O) groups is 1. The average molecular weight is 443 g/mol. The molecule has 144 valence electrons. The Labute approximate surface area is 171 Å². The summed E-state index contributed by atoms with van der Waals surface area (Å²) in [6.45, 7) is 1.15. The molecule has 0 spiro atoms. The summed E-state index contributed by atoms with van der Waals surface area (Å²) < 4.78 is 11.5. The molecule has 0 unspecified atom stereocenters. The summed E-state index contributed by atoms with van der Waals surface area (Å²) in [4.78, 5) is 14.6. The molecule has 3 aromatic rings. The topological polar surface area (TPSA) is 80.7 Å². The number of pyridine rings is 1. The van der Waals surface area contributed by atoms with Gasteiger partial charge in [0.15, 0.2) is 5.75 Å². The van der Waals surface area contributed by atoms with Crippen LogP contribution in [-0.4, -0.2) is 22.8 Å². The lowest BCUT2D eigenvalue weighted by atomic mass is 10.1. The van der Waals surface area contributed by atoms with Crippen LogP contribution in [0.2, 0.25) is 0 Å². The summed E-state index contributed by atoms with van der Waals surface area (Å²) in [6.07, 6.45) is 0.739. The number of hydrogen-bond acceptors (Lipinski definition) is 5. The van der Waals surface area contributed by atoms with E-state index in [9.17, 15) is 4.79 Å². The first-order valence-electron chi connectivity index (χ1n) is 8.66. The number of ether oxygens (including phenoxy) is 2. The molecule has 0 aliphatic carbocycles. The third kappa shape index (κ3) is 5.99. The molecular formula is C21H19BrN2O4. The fourth-order valence-electron chi connectivity index (χ4n) is 2.59. The van der Waals surface area contributed by atoms with E-state index in [-0.39, 0.29) is 5.75 Å². The van der Waals surface area contributed by atoms with Crippen LogP contribution in [0.3, 0.4) is 0 Å². The van der Waals surface area contributed by atoms with E-state index < -0.39 is 6.16 Å². The van der Waals surface area contributed by atoms with Crippen LogP contribution in [0, 0.1) is 0 Å². The van der Waals surface area contributed by atoms with Crippen LogP contribution in [0.15, 0.2) is 71.3 Å². The molecule has 0 bridgehead atoms. The van der Waals surface area contributed by atoms with Gasteiger partial charge >= 0.3 is 6.16 Å². The van der Waals surface area contributed by atoms with Crippen molar-refractivity contribution in [3.05, 3.63) is 82.5 Å². The molecule has 0 saturated carbocycles. The minimum Gasteiger partial charge on any atom is -0.489 e. The van der Waals surface area contributed by atoms with Gasteiger partial charge in [0, 0.05) is 11.0 Å². The van der Waals surface area contributed by atoms with Crippen molar-refractivity contribution in [2.24, 2.45) is 0 Å². The number of nitrogens with zero attached hydrogens (tertiary/aromatic N) is 1. The molecule has 1 heterocycles. The highest BCUT2D eigenvalue weighted by Gasteiger charge is 2.06. The van der Waals surface area contributed by atoms with E-state index in [1.807, 2.05) is 48.5 Å². The van der Waals surface area contributed by atoms with E-state index in [2.05, 4.69) is 31.0 Å². The molecule has 0 aliphatic rings. The molecule has 7 heteroatoms. The Morgan fingerprint density at radius 2 is 1.93 bits per heavy atom. The van der Waals surface area contributed by atoms with Crippen LogP contribution in [0.25, 0.3) is 0 Å². The van der Waals surface area contributed by atoms with Crippen LogP contribution >= 0.6 is 15.9 Å². The fraction of sp³-hybridized carbons (Fsp3) is 0.143. The first-order valence-corrected chi connectivity index (χ1v) is 9.45. The number of aromatic nitrogens is 1. The van der Waals surface area contributed by atoms with Crippen LogP contribution in [0.1, 0.15) is 11.1 Å². The minimum atomic E-state index is -1.36. The number of halogens is 1. The molecule has 1 aromatic heterocycles. The smallest absolute Gasteiger partial charge is 0.489 e. The van der Waals surface area contributed by atoms with Crippen LogP contribution in [-0.2, 0) is 13.0 Å². The van der Waals surface area contributed by atoms with Crippen LogP contribution in [0.4, 0.5) is 10.6 Å². The molecule has 6 nitrogen and oxygen atoms in total. The van der Waals surface area contributed by atoms with E-state index in [1.54, 1.807) is 12.1 Å². The molecular weight excluding hydrogens is 424 g/mol. The highest BCUT2D eigenvalue weighted by Crippen LogP contribution is 2.25. The molecule has 28 heavy (non-hydrogen) atoms. The molecule has 0 fully saturated rings. The lowest BCUT2D eigenvalue weighted by Crippen LogP contribution is -2.08. The van der Waals surface area contributed by atoms with Gasteiger partial charge in [-0.15, -0.1) is 0 Å². The summed E-state index contributed by atoms with van der Waals surface area (Å²) >= 11 is 3.51.